The second-order valence-corrected chi connectivity index (χ2v) is 5.74. The first-order chi connectivity index (χ1) is 9.42. The van der Waals surface area contributed by atoms with Crippen LogP contribution in [-0.4, -0.2) is 14.4 Å². The summed E-state index contributed by atoms with van der Waals surface area (Å²) >= 11 is 1.84. The summed E-state index contributed by atoms with van der Waals surface area (Å²) in [6.45, 7) is 0.942. The van der Waals surface area contributed by atoms with Crippen LogP contribution in [0.15, 0.2) is 43.2 Å². The topological polar surface area (TPSA) is 34.1 Å². The van der Waals surface area contributed by atoms with Crippen LogP contribution < -0.4 is 4.57 Å². The largest absolute Gasteiger partial charge is 0.299 e. The molecule has 1 aliphatic heterocycles. The molecule has 0 saturated carbocycles. The highest BCUT2D eigenvalue weighted by molar-refractivity contribution is 7.22. The average molecular weight is 265 g/mol. The maximum atomic E-state index is 4.25. The molecule has 5 rings (SSSR count). The Morgan fingerprint density at radius 3 is 3.16 bits per heavy atom. The number of hydrogen-bond donors (Lipinski definition) is 0. The van der Waals surface area contributed by atoms with Crippen molar-refractivity contribution in [2.45, 2.75) is 6.54 Å². The predicted octanol–water partition coefficient (Wildman–Crippen LogP) is 2.26. The van der Waals surface area contributed by atoms with Crippen LogP contribution in [0, 0.1) is 0 Å². The van der Waals surface area contributed by atoms with Crippen molar-refractivity contribution in [3.63, 3.8) is 0 Å². The number of nitrogens with zero attached hydrogens (tertiary/aromatic N) is 4. The third kappa shape index (κ3) is 1.11. The van der Waals surface area contributed by atoms with Crippen molar-refractivity contribution in [2.75, 3.05) is 0 Å². The Kier molecular flexibility index (Phi) is 1.62. The molecule has 0 unspecified atom stereocenters. The summed E-state index contributed by atoms with van der Waals surface area (Å²) in [6, 6.07) is 4.18. The van der Waals surface area contributed by atoms with Gasteiger partial charge in [-0.2, -0.15) is 4.57 Å². The van der Waals surface area contributed by atoms with Crippen LogP contribution in [0.5, 0.6) is 0 Å². The fraction of sp³-hybridized carbons (Fsp3) is 0.0714. The molecule has 90 valence electrons. The van der Waals surface area contributed by atoms with E-state index in [0.717, 1.165) is 6.54 Å². The molecular weight excluding hydrogens is 256 g/mol. The minimum Gasteiger partial charge on any atom is -0.299 e. The van der Waals surface area contributed by atoms with Gasteiger partial charge in [-0.25, -0.2) is 4.98 Å². The second kappa shape index (κ2) is 3.19. The van der Waals surface area contributed by atoms with Crippen LogP contribution >= 0.6 is 11.3 Å². The molecule has 4 aromatic heterocycles. The average Bonchev–Trinajstić information content (AvgIpc) is 3.07. The number of thiazole rings is 1. The van der Waals surface area contributed by atoms with Crippen LogP contribution in [0.4, 0.5) is 0 Å². The van der Waals surface area contributed by atoms with Crippen molar-refractivity contribution in [2.24, 2.45) is 0 Å². The molecule has 0 fully saturated rings. The van der Waals surface area contributed by atoms with E-state index >= 15 is 0 Å². The Balaban J connectivity index is 1.93. The van der Waals surface area contributed by atoms with Crippen LogP contribution in [0.2, 0.25) is 0 Å². The lowest BCUT2D eigenvalue weighted by molar-refractivity contribution is -0.642. The van der Waals surface area contributed by atoms with Crippen LogP contribution in [0.1, 0.15) is 5.56 Å². The SMILES string of the molecule is c1cc2c(cn1)-c1sc3c4ccncn4cc3[n+]1C2. The fourth-order valence-corrected chi connectivity index (χ4v) is 4.13. The van der Waals surface area contributed by atoms with E-state index in [1.54, 1.807) is 0 Å². The Bertz CT molecular complexity index is 951. The van der Waals surface area contributed by atoms with E-state index in [1.807, 2.05) is 36.3 Å². The molecule has 5 heteroatoms. The first kappa shape index (κ1) is 9.63. The van der Waals surface area contributed by atoms with Gasteiger partial charge in [0.15, 0.2) is 6.54 Å². The number of hydrogen-bond acceptors (Lipinski definition) is 3. The Hall–Kier alpha value is -2.27. The molecule has 0 bridgehead atoms. The third-order valence-corrected chi connectivity index (χ3v) is 4.98. The van der Waals surface area contributed by atoms with E-state index in [1.165, 1.54) is 31.9 Å². The highest BCUT2D eigenvalue weighted by Crippen LogP contribution is 2.36. The fourth-order valence-electron chi connectivity index (χ4n) is 2.83. The lowest BCUT2D eigenvalue weighted by Gasteiger charge is -1.90. The van der Waals surface area contributed by atoms with Crippen LogP contribution in [0.3, 0.4) is 0 Å². The zero-order chi connectivity index (χ0) is 12.4. The van der Waals surface area contributed by atoms with E-state index in [-0.39, 0.29) is 0 Å². The number of aromatic nitrogens is 4. The van der Waals surface area contributed by atoms with Crippen molar-refractivity contribution in [3.05, 3.63) is 48.8 Å². The molecule has 0 atom stereocenters. The molecular formula is C14H9N4S+. The van der Waals surface area contributed by atoms with E-state index < -0.39 is 0 Å². The van der Waals surface area contributed by atoms with Gasteiger partial charge in [-0.1, -0.05) is 11.3 Å². The molecule has 4 aromatic rings. The van der Waals surface area contributed by atoms with Gasteiger partial charge in [0.1, 0.15) is 4.70 Å². The molecule has 0 aromatic carbocycles. The van der Waals surface area contributed by atoms with Crippen molar-refractivity contribution in [1.29, 1.82) is 0 Å². The number of rotatable bonds is 0. The first-order valence-electron chi connectivity index (χ1n) is 6.12. The van der Waals surface area contributed by atoms with Gasteiger partial charge in [0.05, 0.1) is 23.6 Å². The van der Waals surface area contributed by atoms with Crippen molar-refractivity contribution in [1.82, 2.24) is 14.4 Å². The lowest BCUT2D eigenvalue weighted by atomic mass is 10.2. The van der Waals surface area contributed by atoms with Crippen LogP contribution in [0.25, 0.3) is 26.3 Å². The molecule has 19 heavy (non-hydrogen) atoms. The minimum atomic E-state index is 0.942. The van der Waals surface area contributed by atoms with E-state index in [9.17, 15) is 0 Å². The summed E-state index contributed by atoms with van der Waals surface area (Å²) in [6.07, 6.45) is 9.71. The molecule has 0 aliphatic carbocycles. The predicted molar refractivity (Wildman–Crippen MR) is 73.1 cm³/mol. The summed E-state index contributed by atoms with van der Waals surface area (Å²) in [5.41, 5.74) is 5.14. The quantitative estimate of drug-likeness (QED) is 0.402. The summed E-state index contributed by atoms with van der Waals surface area (Å²) in [5.74, 6) is 0. The highest BCUT2D eigenvalue weighted by atomic mass is 32.1. The van der Waals surface area contributed by atoms with Crippen molar-refractivity contribution in [3.8, 4) is 10.6 Å². The maximum Gasteiger partial charge on any atom is 0.272 e. The van der Waals surface area contributed by atoms with Crippen molar-refractivity contribution >= 4 is 27.1 Å². The Morgan fingerprint density at radius 1 is 1.21 bits per heavy atom. The van der Waals surface area contributed by atoms with Crippen molar-refractivity contribution < 1.29 is 4.57 Å². The first-order valence-corrected chi connectivity index (χ1v) is 6.94. The van der Waals surface area contributed by atoms with Gasteiger partial charge in [0.2, 0.25) is 5.52 Å². The smallest absolute Gasteiger partial charge is 0.272 e. The minimum absolute atomic E-state index is 0.942. The molecule has 0 N–H and O–H groups in total. The maximum absolute atomic E-state index is 4.25. The zero-order valence-electron chi connectivity index (χ0n) is 9.95. The summed E-state index contributed by atoms with van der Waals surface area (Å²) in [5, 5.41) is 1.31. The highest BCUT2D eigenvalue weighted by Gasteiger charge is 2.33. The van der Waals surface area contributed by atoms with Gasteiger partial charge in [-0.15, -0.1) is 0 Å². The standard InChI is InChI=1S/C14H9N4S/c1-3-15-5-10-9(1)6-18-12-7-17-8-16-4-2-11(17)13(12)19-14(10)18/h1-5,7-8H,6H2/q+1. The molecule has 5 heterocycles. The summed E-state index contributed by atoms with van der Waals surface area (Å²) in [4.78, 5) is 8.42. The molecule has 4 nitrogen and oxygen atoms in total. The molecule has 0 saturated heterocycles. The van der Waals surface area contributed by atoms with Gasteiger partial charge in [-0.05, 0) is 12.1 Å². The van der Waals surface area contributed by atoms with Gasteiger partial charge < -0.3 is 0 Å². The number of pyridine rings is 1. The second-order valence-electron chi connectivity index (χ2n) is 4.74. The Labute approximate surface area is 112 Å². The van der Waals surface area contributed by atoms with E-state index in [0.29, 0.717) is 0 Å². The van der Waals surface area contributed by atoms with Gasteiger partial charge in [0.25, 0.3) is 5.01 Å². The monoisotopic (exact) mass is 265 g/mol. The summed E-state index contributed by atoms with van der Waals surface area (Å²) in [7, 11) is 0. The summed E-state index contributed by atoms with van der Waals surface area (Å²) < 4.78 is 5.79. The van der Waals surface area contributed by atoms with Gasteiger partial charge in [-0.3, -0.25) is 9.38 Å². The van der Waals surface area contributed by atoms with Gasteiger partial charge >= 0.3 is 0 Å². The zero-order valence-corrected chi connectivity index (χ0v) is 10.8. The van der Waals surface area contributed by atoms with E-state index in [2.05, 4.69) is 37.3 Å². The molecule has 0 radical (unpaired) electrons. The van der Waals surface area contributed by atoms with Crippen LogP contribution in [-0.2, 0) is 6.54 Å². The third-order valence-electron chi connectivity index (χ3n) is 3.72. The Morgan fingerprint density at radius 2 is 2.16 bits per heavy atom. The molecule has 0 amide bonds. The normalized spacial score (nSPS) is 13.1. The molecule has 0 spiro atoms. The van der Waals surface area contributed by atoms with Gasteiger partial charge in [0, 0.05) is 24.2 Å². The van der Waals surface area contributed by atoms with E-state index in [4.69, 9.17) is 0 Å². The number of fused-ring (bicyclic) bond motifs is 7. The lowest BCUT2D eigenvalue weighted by Crippen LogP contribution is -2.29. The molecule has 1 aliphatic rings.